The van der Waals surface area contributed by atoms with Crippen molar-refractivity contribution < 1.29 is 36.6 Å². The van der Waals surface area contributed by atoms with Crippen molar-refractivity contribution in [2.24, 2.45) is 17.8 Å². The molecule has 1 atom stereocenters. The minimum atomic E-state index is -0.940. The van der Waals surface area contributed by atoms with Crippen LogP contribution in [0.5, 0.6) is 11.5 Å². The maximum Gasteiger partial charge on any atom is 0.309 e. The molecular weight excluding hydrogens is 560 g/mol. The maximum atomic E-state index is 14.7. The normalized spacial score (nSPS) is 26.0. The van der Waals surface area contributed by atoms with E-state index in [0.717, 1.165) is 44.1 Å². The first kappa shape index (κ1) is 31.4. The van der Waals surface area contributed by atoms with Gasteiger partial charge < -0.3 is 14.2 Å². The molecule has 8 heteroatoms. The molecule has 0 radical (unpaired) electrons. The predicted octanol–water partition coefficient (Wildman–Crippen LogP) is 9.30. The van der Waals surface area contributed by atoms with Gasteiger partial charge in [-0.1, -0.05) is 12.1 Å². The fraction of sp³-hybridized carbons (Fsp3) is 0.571. The molecule has 0 N–H and O–H groups in total. The van der Waals surface area contributed by atoms with Crippen LogP contribution in [-0.4, -0.2) is 25.3 Å². The summed E-state index contributed by atoms with van der Waals surface area (Å²) in [4.78, 5) is 13.0. The monoisotopic (exact) mass is 602 g/mol. The van der Waals surface area contributed by atoms with Crippen LogP contribution in [0.4, 0.5) is 17.6 Å². The Hall–Kier alpha value is -3.03. The van der Waals surface area contributed by atoms with E-state index in [4.69, 9.17) is 14.2 Å². The lowest BCUT2D eigenvalue weighted by molar-refractivity contribution is -0.157. The van der Waals surface area contributed by atoms with Gasteiger partial charge in [-0.25, -0.2) is 8.78 Å². The first-order chi connectivity index (χ1) is 20.8. The van der Waals surface area contributed by atoms with Crippen molar-refractivity contribution in [1.82, 2.24) is 0 Å². The van der Waals surface area contributed by atoms with E-state index in [2.05, 4.69) is 6.08 Å². The number of halogens is 4. The molecule has 2 fully saturated rings. The first-order valence-electron chi connectivity index (χ1n) is 15.9. The molecule has 0 bridgehead atoms. The van der Waals surface area contributed by atoms with Crippen molar-refractivity contribution in [2.45, 2.75) is 96.5 Å². The molecule has 4 nitrogen and oxygen atoms in total. The summed E-state index contributed by atoms with van der Waals surface area (Å²) in [5.41, 5.74) is 1.53. The average Bonchev–Trinajstić information content (AvgIpc) is 3.03. The standard InChI is InChI=1S/C35H42F4O4/c1-3-41-29-19-17-27(31(36)33(29)38)23-9-5-21(6-10-23)22-7-11-25(12-8-22)35(40)43-26-15-13-24(14-16-26)28-18-20-30(42-4-2)34(39)32(28)37/h9,17-22,24-26H,3-8,10-16H2,1-2H3. The summed E-state index contributed by atoms with van der Waals surface area (Å²) in [6, 6.07) is 6.21. The molecule has 0 aromatic heterocycles. The van der Waals surface area contributed by atoms with E-state index in [9.17, 15) is 22.4 Å². The average molecular weight is 603 g/mol. The highest BCUT2D eigenvalue weighted by molar-refractivity contribution is 5.72. The van der Waals surface area contributed by atoms with Gasteiger partial charge in [0.2, 0.25) is 11.6 Å². The van der Waals surface area contributed by atoms with Gasteiger partial charge in [-0.3, -0.25) is 4.79 Å². The maximum absolute atomic E-state index is 14.7. The molecule has 5 rings (SSSR count). The van der Waals surface area contributed by atoms with Gasteiger partial charge in [-0.15, -0.1) is 0 Å². The van der Waals surface area contributed by atoms with Crippen molar-refractivity contribution in [3.63, 3.8) is 0 Å². The molecule has 0 aliphatic heterocycles. The van der Waals surface area contributed by atoms with Crippen LogP contribution >= 0.6 is 0 Å². The molecule has 2 aromatic rings. The quantitative estimate of drug-likeness (QED) is 0.212. The van der Waals surface area contributed by atoms with Crippen LogP contribution in [0.3, 0.4) is 0 Å². The predicted molar refractivity (Wildman–Crippen MR) is 157 cm³/mol. The lowest BCUT2D eigenvalue weighted by atomic mass is 9.71. The third kappa shape index (κ3) is 7.04. The van der Waals surface area contributed by atoms with Crippen LogP contribution < -0.4 is 9.47 Å². The second-order valence-electron chi connectivity index (χ2n) is 12.2. The Labute approximate surface area is 251 Å². The van der Waals surface area contributed by atoms with Gasteiger partial charge >= 0.3 is 5.97 Å². The fourth-order valence-corrected chi connectivity index (χ4v) is 7.28. The molecule has 0 amide bonds. The van der Waals surface area contributed by atoms with Gasteiger partial charge in [-0.2, -0.15) is 8.78 Å². The summed E-state index contributed by atoms with van der Waals surface area (Å²) >= 11 is 0. The molecule has 3 aliphatic rings. The van der Waals surface area contributed by atoms with E-state index in [1.807, 2.05) is 0 Å². The Kier molecular flexibility index (Phi) is 10.3. The van der Waals surface area contributed by atoms with Crippen molar-refractivity contribution in [3.8, 4) is 11.5 Å². The van der Waals surface area contributed by atoms with E-state index < -0.39 is 23.3 Å². The largest absolute Gasteiger partial charge is 0.491 e. The number of esters is 1. The van der Waals surface area contributed by atoms with Crippen molar-refractivity contribution in [1.29, 1.82) is 0 Å². The Balaban J connectivity index is 1.07. The van der Waals surface area contributed by atoms with Crippen molar-refractivity contribution >= 4 is 11.5 Å². The summed E-state index contributed by atoms with van der Waals surface area (Å²) in [5.74, 6) is -3.07. The molecular formula is C35H42F4O4. The van der Waals surface area contributed by atoms with E-state index in [0.29, 0.717) is 55.1 Å². The van der Waals surface area contributed by atoms with Crippen LogP contribution in [0, 0.1) is 41.0 Å². The molecule has 1 unspecified atom stereocenters. The zero-order valence-electron chi connectivity index (χ0n) is 25.1. The van der Waals surface area contributed by atoms with Crippen molar-refractivity contribution in [2.75, 3.05) is 13.2 Å². The van der Waals surface area contributed by atoms with E-state index in [-0.39, 0.29) is 48.6 Å². The number of allylic oxidation sites excluding steroid dienone is 2. The molecule has 0 heterocycles. The van der Waals surface area contributed by atoms with E-state index in [1.165, 1.54) is 12.1 Å². The summed E-state index contributed by atoms with van der Waals surface area (Å²) in [5, 5.41) is 0. The zero-order valence-corrected chi connectivity index (χ0v) is 25.1. The lowest BCUT2D eigenvalue weighted by Crippen LogP contribution is -2.31. The molecule has 2 saturated carbocycles. The number of hydrogen-bond donors (Lipinski definition) is 0. The van der Waals surface area contributed by atoms with E-state index in [1.54, 1.807) is 26.0 Å². The van der Waals surface area contributed by atoms with Crippen LogP contribution in [-0.2, 0) is 9.53 Å². The zero-order chi connectivity index (χ0) is 30.5. The molecule has 234 valence electrons. The van der Waals surface area contributed by atoms with Gasteiger partial charge in [0.25, 0.3) is 0 Å². The SMILES string of the molecule is CCOc1ccc(C2=CCC(C3CCC(C(=O)OC4CCC(c5ccc(OCC)c(F)c5F)CC4)CC3)CC2)c(F)c1F. The topological polar surface area (TPSA) is 44.8 Å². The summed E-state index contributed by atoms with van der Waals surface area (Å²) in [7, 11) is 0. The number of hydrogen-bond acceptors (Lipinski definition) is 4. The van der Waals surface area contributed by atoms with Gasteiger partial charge in [0.05, 0.1) is 19.1 Å². The number of rotatable bonds is 9. The van der Waals surface area contributed by atoms with Crippen LogP contribution in [0.25, 0.3) is 5.57 Å². The van der Waals surface area contributed by atoms with Gasteiger partial charge in [0, 0.05) is 5.56 Å². The summed E-state index contributed by atoms with van der Waals surface area (Å²) in [6.45, 7) is 4.00. The number of ether oxygens (including phenoxy) is 3. The highest BCUT2D eigenvalue weighted by Gasteiger charge is 2.35. The number of carbonyl (C=O) groups is 1. The third-order valence-electron chi connectivity index (χ3n) is 9.69. The number of benzene rings is 2. The summed E-state index contributed by atoms with van der Waals surface area (Å²) in [6.07, 6.45) is 10.3. The number of carbonyl (C=O) groups excluding carboxylic acids is 1. The Morgan fingerprint density at radius 2 is 1.35 bits per heavy atom. The Morgan fingerprint density at radius 1 is 0.721 bits per heavy atom. The fourth-order valence-electron chi connectivity index (χ4n) is 7.28. The van der Waals surface area contributed by atoms with Crippen LogP contribution in [0.2, 0.25) is 0 Å². The van der Waals surface area contributed by atoms with Crippen molar-refractivity contribution in [3.05, 3.63) is 64.7 Å². The molecule has 0 spiro atoms. The van der Waals surface area contributed by atoms with Crippen LogP contribution in [0.1, 0.15) is 102 Å². The van der Waals surface area contributed by atoms with Gasteiger partial charge in [0.1, 0.15) is 6.10 Å². The molecule has 0 saturated heterocycles. The molecule has 43 heavy (non-hydrogen) atoms. The highest BCUT2D eigenvalue weighted by Crippen LogP contribution is 2.43. The minimum Gasteiger partial charge on any atom is -0.491 e. The first-order valence-corrected chi connectivity index (χ1v) is 15.9. The smallest absolute Gasteiger partial charge is 0.309 e. The second-order valence-corrected chi connectivity index (χ2v) is 12.2. The lowest BCUT2D eigenvalue weighted by Gasteiger charge is -2.35. The Bertz CT molecular complexity index is 1310. The van der Waals surface area contributed by atoms with Crippen LogP contribution in [0.15, 0.2) is 30.3 Å². The van der Waals surface area contributed by atoms with Gasteiger partial charge in [-0.05, 0) is 132 Å². The van der Waals surface area contributed by atoms with Gasteiger partial charge in [0.15, 0.2) is 23.1 Å². The molecule has 3 aliphatic carbocycles. The van der Waals surface area contributed by atoms with E-state index >= 15 is 0 Å². The summed E-state index contributed by atoms with van der Waals surface area (Å²) < 4.78 is 74.3. The highest BCUT2D eigenvalue weighted by atomic mass is 19.2. The Morgan fingerprint density at radius 3 is 1.95 bits per heavy atom. The minimum absolute atomic E-state index is 0.0583. The third-order valence-corrected chi connectivity index (χ3v) is 9.69. The second kappa shape index (κ2) is 14.2. The molecule has 2 aromatic carbocycles.